The van der Waals surface area contributed by atoms with Crippen LogP contribution < -0.4 is 5.32 Å². The molecule has 0 saturated carbocycles. The molecule has 0 radical (unpaired) electrons. The van der Waals surface area contributed by atoms with Gasteiger partial charge in [-0.25, -0.2) is 0 Å². The normalized spacial score (nSPS) is 10.7. The summed E-state index contributed by atoms with van der Waals surface area (Å²) >= 11 is 7.75. The Hall–Kier alpha value is -1.15. The molecule has 3 nitrogen and oxygen atoms in total. The fourth-order valence-electron chi connectivity index (χ4n) is 1.36. The van der Waals surface area contributed by atoms with E-state index in [1.54, 1.807) is 30.0 Å². The molecule has 1 aromatic carbocycles. The van der Waals surface area contributed by atoms with Gasteiger partial charge in [0.15, 0.2) is 0 Å². The van der Waals surface area contributed by atoms with Gasteiger partial charge < -0.3 is 10.4 Å². The predicted octanol–water partition coefficient (Wildman–Crippen LogP) is 2.56. The van der Waals surface area contributed by atoms with Crippen molar-refractivity contribution in [3.05, 3.63) is 34.3 Å². The molecule has 0 spiro atoms. The maximum Gasteiger partial charge on any atom is 0.251 e. The first-order chi connectivity index (χ1) is 9.39. The Morgan fingerprint density at radius 1 is 1.50 bits per heavy atom. The molecule has 0 aromatic heterocycles. The van der Waals surface area contributed by atoms with Gasteiger partial charge in [0.25, 0.3) is 5.91 Å². The third kappa shape index (κ3) is 5.09. The number of halogens is 1. The molecule has 0 saturated heterocycles. The Morgan fingerprint density at radius 2 is 2.20 bits per heavy atom. The van der Waals surface area contributed by atoms with Gasteiger partial charge in [0.2, 0.25) is 0 Å². The first kappa shape index (κ1) is 16.9. The van der Waals surface area contributed by atoms with E-state index in [4.69, 9.17) is 16.7 Å². The minimum atomic E-state index is -0.220. The van der Waals surface area contributed by atoms with Gasteiger partial charge in [0, 0.05) is 22.4 Å². The summed E-state index contributed by atoms with van der Waals surface area (Å²) in [6.07, 6.45) is 2.01. The van der Waals surface area contributed by atoms with Crippen LogP contribution in [-0.2, 0) is 0 Å². The Labute approximate surface area is 129 Å². The predicted molar refractivity (Wildman–Crippen MR) is 85.3 cm³/mol. The van der Waals surface area contributed by atoms with E-state index < -0.39 is 0 Å². The molecule has 0 aliphatic heterocycles. The van der Waals surface area contributed by atoms with Crippen LogP contribution in [0.25, 0.3) is 0 Å². The number of hydrogen-bond donors (Lipinski definition) is 2. The largest absolute Gasteiger partial charge is 0.384 e. The van der Waals surface area contributed by atoms with Gasteiger partial charge in [-0.05, 0) is 38.3 Å². The van der Waals surface area contributed by atoms with Gasteiger partial charge in [0.05, 0.1) is 5.02 Å². The van der Waals surface area contributed by atoms with Gasteiger partial charge in [0.1, 0.15) is 6.61 Å². The van der Waals surface area contributed by atoms with Crippen LogP contribution in [0.4, 0.5) is 0 Å². The van der Waals surface area contributed by atoms with E-state index >= 15 is 0 Å². The average Bonchev–Trinajstić information content (AvgIpc) is 2.43. The molecule has 0 atom stereocenters. The summed E-state index contributed by atoms with van der Waals surface area (Å²) in [5.41, 5.74) is 1.10. The number of hydrogen-bond acceptors (Lipinski definition) is 3. The fourth-order valence-corrected chi connectivity index (χ4v) is 1.80. The Kier molecular flexibility index (Phi) is 6.41. The standard InChI is InChI=1S/C15H18ClNO2S/c1-15(2,20-3)10-17-14(19)12-7-6-11(5-4-8-18)13(16)9-12/h6-7,9,18H,8,10H2,1-3H3,(H,17,19). The van der Waals surface area contributed by atoms with Crippen molar-refractivity contribution in [2.75, 3.05) is 19.4 Å². The molecular formula is C15H18ClNO2S. The van der Waals surface area contributed by atoms with Crippen molar-refractivity contribution >= 4 is 29.3 Å². The summed E-state index contributed by atoms with van der Waals surface area (Å²) in [4.78, 5) is 12.0. The van der Waals surface area contributed by atoms with E-state index in [2.05, 4.69) is 31.0 Å². The van der Waals surface area contributed by atoms with Gasteiger partial charge in [-0.2, -0.15) is 11.8 Å². The van der Waals surface area contributed by atoms with Crippen LogP contribution in [-0.4, -0.2) is 35.2 Å². The first-order valence-electron chi connectivity index (χ1n) is 6.12. The van der Waals surface area contributed by atoms with Crippen LogP contribution in [0.15, 0.2) is 18.2 Å². The van der Waals surface area contributed by atoms with E-state index in [9.17, 15) is 4.79 Å². The number of nitrogens with one attached hydrogen (secondary N) is 1. The molecule has 1 rings (SSSR count). The van der Waals surface area contributed by atoms with Crippen LogP contribution in [0.3, 0.4) is 0 Å². The summed E-state index contributed by atoms with van der Waals surface area (Å²) < 4.78 is -0.00794. The summed E-state index contributed by atoms with van der Waals surface area (Å²) in [6.45, 7) is 4.50. The highest BCUT2D eigenvalue weighted by molar-refractivity contribution is 7.99. The van der Waals surface area contributed by atoms with Gasteiger partial charge in [-0.3, -0.25) is 4.79 Å². The molecule has 1 amide bonds. The minimum Gasteiger partial charge on any atom is -0.384 e. The van der Waals surface area contributed by atoms with E-state index in [1.165, 1.54) is 0 Å². The topological polar surface area (TPSA) is 49.3 Å². The summed E-state index contributed by atoms with van der Waals surface area (Å²) in [6, 6.07) is 4.94. The van der Waals surface area contributed by atoms with E-state index in [-0.39, 0.29) is 17.3 Å². The molecule has 0 unspecified atom stereocenters. The number of aliphatic hydroxyl groups excluding tert-OH is 1. The molecule has 108 valence electrons. The molecule has 1 aromatic rings. The van der Waals surface area contributed by atoms with Crippen molar-refractivity contribution in [1.29, 1.82) is 0 Å². The second-order valence-electron chi connectivity index (χ2n) is 4.80. The SMILES string of the molecule is CSC(C)(C)CNC(=O)c1ccc(C#CCO)c(Cl)c1. The molecule has 0 heterocycles. The van der Waals surface area contributed by atoms with Crippen molar-refractivity contribution in [2.24, 2.45) is 0 Å². The summed E-state index contributed by atoms with van der Waals surface area (Å²) in [5.74, 6) is 5.09. The molecule has 20 heavy (non-hydrogen) atoms. The Morgan fingerprint density at radius 3 is 2.75 bits per heavy atom. The summed E-state index contributed by atoms with van der Waals surface area (Å²) in [5, 5.41) is 11.9. The quantitative estimate of drug-likeness (QED) is 0.840. The maximum atomic E-state index is 12.0. The average molecular weight is 312 g/mol. The van der Waals surface area contributed by atoms with Crippen molar-refractivity contribution < 1.29 is 9.90 Å². The van der Waals surface area contributed by atoms with E-state index in [0.717, 1.165) is 0 Å². The smallest absolute Gasteiger partial charge is 0.251 e. The van der Waals surface area contributed by atoms with E-state index in [1.807, 2.05) is 6.26 Å². The van der Waals surface area contributed by atoms with E-state index in [0.29, 0.717) is 22.7 Å². The lowest BCUT2D eigenvalue weighted by molar-refractivity contribution is 0.0951. The Bertz CT molecular complexity index is 547. The zero-order valence-corrected chi connectivity index (χ0v) is 13.4. The second-order valence-corrected chi connectivity index (χ2v) is 6.72. The highest BCUT2D eigenvalue weighted by Crippen LogP contribution is 2.20. The number of aliphatic hydroxyl groups is 1. The number of carbonyl (C=O) groups is 1. The zero-order chi connectivity index (χ0) is 15.2. The minimum absolute atomic E-state index is 0.00794. The lowest BCUT2D eigenvalue weighted by Gasteiger charge is -2.22. The van der Waals surface area contributed by atoms with Crippen LogP contribution >= 0.6 is 23.4 Å². The molecular weight excluding hydrogens is 294 g/mol. The van der Waals surface area contributed by atoms with Crippen molar-refractivity contribution in [3.8, 4) is 11.8 Å². The lowest BCUT2D eigenvalue weighted by Crippen LogP contribution is -2.36. The number of carbonyl (C=O) groups excluding carboxylic acids is 1. The third-order valence-electron chi connectivity index (χ3n) is 2.76. The zero-order valence-electron chi connectivity index (χ0n) is 11.8. The van der Waals surface area contributed by atoms with Crippen LogP contribution in [0, 0.1) is 11.8 Å². The summed E-state index contributed by atoms with van der Waals surface area (Å²) in [7, 11) is 0. The highest BCUT2D eigenvalue weighted by Gasteiger charge is 2.17. The molecule has 0 aliphatic rings. The monoisotopic (exact) mass is 311 g/mol. The van der Waals surface area contributed by atoms with Crippen molar-refractivity contribution in [1.82, 2.24) is 5.32 Å². The number of benzene rings is 1. The first-order valence-corrected chi connectivity index (χ1v) is 7.72. The number of thioether (sulfide) groups is 1. The Balaban J connectivity index is 2.78. The molecule has 2 N–H and O–H groups in total. The van der Waals surface area contributed by atoms with Gasteiger partial charge in [-0.1, -0.05) is 23.4 Å². The van der Waals surface area contributed by atoms with Crippen LogP contribution in [0.2, 0.25) is 5.02 Å². The number of amides is 1. The second kappa shape index (κ2) is 7.58. The number of rotatable bonds is 4. The fraction of sp³-hybridized carbons (Fsp3) is 0.400. The van der Waals surface area contributed by atoms with Crippen LogP contribution in [0.5, 0.6) is 0 Å². The van der Waals surface area contributed by atoms with Crippen molar-refractivity contribution in [2.45, 2.75) is 18.6 Å². The molecule has 0 bridgehead atoms. The van der Waals surface area contributed by atoms with Gasteiger partial charge in [-0.15, -0.1) is 0 Å². The molecule has 0 aliphatic carbocycles. The van der Waals surface area contributed by atoms with Crippen LogP contribution in [0.1, 0.15) is 29.8 Å². The van der Waals surface area contributed by atoms with Crippen molar-refractivity contribution in [3.63, 3.8) is 0 Å². The highest BCUT2D eigenvalue weighted by atomic mass is 35.5. The molecule has 5 heteroatoms. The third-order valence-corrected chi connectivity index (χ3v) is 4.32. The van der Waals surface area contributed by atoms with Gasteiger partial charge >= 0.3 is 0 Å². The lowest BCUT2D eigenvalue weighted by atomic mass is 10.1. The molecule has 0 fully saturated rings. The maximum absolute atomic E-state index is 12.0.